The number of ether oxygens (including phenoxy) is 1. The summed E-state index contributed by atoms with van der Waals surface area (Å²) in [5, 5.41) is 1.88. The van der Waals surface area contributed by atoms with Crippen LogP contribution in [0, 0.1) is 6.92 Å². The van der Waals surface area contributed by atoms with Crippen LogP contribution in [0.25, 0.3) is 11.1 Å². The number of thiophene rings is 1. The van der Waals surface area contributed by atoms with Crippen LogP contribution in [0.5, 0.6) is 0 Å². The largest absolute Gasteiger partial charge is 0.456 e. The molecule has 2 rings (SSSR count). The summed E-state index contributed by atoms with van der Waals surface area (Å²) in [6.07, 6.45) is 0. The van der Waals surface area contributed by atoms with Gasteiger partial charge in [0.05, 0.1) is 5.56 Å². The second-order valence-corrected chi connectivity index (χ2v) is 7.59. The van der Waals surface area contributed by atoms with Gasteiger partial charge in [-0.05, 0) is 45.4 Å². The van der Waals surface area contributed by atoms with E-state index in [1.54, 1.807) is 11.3 Å². The van der Waals surface area contributed by atoms with Crippen LogP contribution in [-0.4, -0.2) is 11.6 Å². The van der Waals surface area contributed by atoms with Crippen molar-refractivity contribution in [1.82, 2.24) is 0 Å². The Morgan fingerprint density at radius 1 is 1.20 bits per heavy atom. The first kappa shape index (κ1) is 15.3. The van der Waals surface area contributed by atoms with Crippen molar-refractivity contribution < 1.29 is 9.53 Å². The molecule has 2 aromatic rings. The van der Waals surface area contributed by atoms with Crippen molar-refractivity contribution in [1.29, 1.82) is 0 Å². The van der Waals surface area contributed by atoms with E-state index < -0.39 is 5.60 Å². The molecular weight excluding hydrogens is 336 g/mol. The number of carbonyl (C=O) groups is 1. The third kappa shape index (κ3) is 3.49. The van der Waals surface area contributed by atoms with E-state index >= 15 is 0 Å². The molecule has 0 saturated carbocycles. The van der Waals surface area contributed by atoms with Crippen molar-refractivity contribution >= 4 is 33.2 Å². The summed E-state index contributed by atoms with van der Waals surface area (Å²) < 4.78 is 6.50. The highest BCUT2D eigenvalue weighted by Gasteiger charge is 2.23. The summed E-state index contributed by atoms with van der Waals surface area (Å²) in [7, 11) is 0. The molecule has 0 aliphatic heterocycles. The van der Waals surface area contributed by atoms with Crippen LogP contribution in [0.15, 0.2) is 34.1 Å². The minimum absolute atomic E-state index is 0.264. The number of esters is 1. The van der Waals surface area contributed by atoms with E-state index in [-0.39, 0.29) is 5.97 Å². The van der Waals surface area contributed by atoms with Crippen molar-refractivity contribution in [2.24, 2.45) is 0 Å². The summed E-state index contributed by atoms with van der Waals surface area (Å²) in [4.78, 5) is 13.4. The quantitative estimate of drug-likeness (QED) is 0.672. The maximum atomic E-state index is 12.3. The van der Waals surface area contributed by atoms with Gasteiger partial charge < -0.3 is 4.74 Å². The van der Waals surface area contributed by atoms with Crippen molar-refractivity contribution in [3.05, 3.63) is 44.6 Å². The lowest BCUT2D eigenvalue weighted by Gasteiger charge is -2.19. The lowest BCUT2D eigenvalue weighted by atomic mass is 10.0. The minimum Gasteiger partial charge on any atom is -0.456 e. The summed E-state index contributed by atoms with van der Waals surface area (Å²) in [5.74, 6) is -0.264. The van der Waals surface area contributed by atoms with Crippen LogP contribution in [0.3, 0.4) is 0 Å². The first-order valence-electron chi connectivity index (χ1n) is 6.35. The Balaban J connectivity index is 2.42. The molecule has 0 radical (unpaired) electrons. The van der Waals surface area contributed by atoms with Crippen LogP contribution in [0.4, 0.5) is 0 Å². The molecule has 4 heteroatoms. The predicted octanol–water partition coefficient (Wildman–Crippen LogP) is 5.44. The first-order valence-corrected chi connectivity index (χ1v) is 8.02. The molecule has 0 atom stereocenters. The number of rotatable bonds is 2. The molecule has 0 N–H and O–H groups in total. The molecule has 0 fully saturated rings. The van der Waals surface area contributed by atoms with Crippen LogP contribution in [0.1, 0.15) is 36.0 Å². The normalized spacial score (nSPS) is 11.4. The second kappa shape index (κ2) is 5.70. The van der Waals surface area contributed by atoms with Gasteiger partial charge in [0.15, 0.2) is 0 Å². The lowest BCUT2D eigenvalue weighted by Crippen LogP contribution is -2.23. The number of benzene rings is 1. The van der Waals surface area contributed by atoms with E-state index in [9.17, 15) is 4.79 Å². The van der Waals surface area contributed by atoms with E-state index in [4.69, 9.17) is 4.74 Å². The monoisotopic (exact) mass is 352 g/mol. The molecular formula is C16H17BrO2S. The lowest BCUT2D eigenvalue weighted by molar-refractivity contribution is 0.00710. The van der Waals surface area contributed by atoms with Crippen LogP contribution >= 0.6 is 27.3 Å². The van der Waals surface area contributed by atoms with Gasteiger partial charge in [0.25, 0.3) is 0 Å². The standard InChI is InChI=1S/C16H17BrO2S/c1-10-14(11-5-7-12(17)8-6-11)13(9-20-10)15(18)19-16(2,3)4/h5-9H,1-4H3. The number of aryl methyl sites for hydroxylation is 1. The number of hydrogen-bond acceptors (Lipinski definition) is 3. The third-order valence-corrected chi connectivity index (χ3v) is 4.17. The molecule has 20 heavy (non-hydrogen) atoms. The molecule has 0 saturated heterocycles. The van der Waals surface area contributed by atoms with E-state index in [1.807, 2.05) is 57.3 Å². The van der Waals surface area contributed by atoms with Gasteiger partial charge in [0.2, 0.25) is 0 Å². The van der Waals surface area contributed by atoms with Gasteiger partial charge in [0.1, 0.15) is 5.60 Å². The SMILES string of the molecule is Cc1scc(C(=O)OC(C)(C)C)c1-c1ccc(Br)cc1. The van der Waals surface area contributed by atoms with E-state index in [2.05, 4.69) is 15.9 Å². The zero-order valence-corrected chi connectivity index (χ0v) is 14.4. The minimum atomic E-state index is -0.482. The Labute approximate surface area is 131 Å². The zero-order valence-electron chi connectivity index (χ0n) is 12.0. The van der Waals surface area contributed by atoms with Gasteiger partial charge in [-0.1, -0.05) is 28.1 Å². The Kier molecular flexibility index (Phi) is 4.35. The fraction of sp³-hybridized carbons (Fsp3) is 0.312. The number of hydrogen-bond donors (Lipinski definition) is 0. The van der Waals surface area contributed by atoms with Gasteiger partial charge in [-0.25, -0.2) is 4.79 Å². The molecule has 0 aliphatic rings. The molecule has 1 aromatic carbocycles. The van der Waals surface area contributed by atoms with Crippen LogP contribution < -0.4 is 0 Å². The number of carbonyl (C=O) groups excluding carboxylic acids is 1. The molecule has 0 aliphatic carbocycles. The molecule has 1 heterocycles. The molecule has 106 valence electrons. The Morgan fingerprint density at radius 2 is 1.80 bits per heavy atom. The Hall–Kier alpha value is -1.13. The van der Waals surface area contributed by atoms with Crippen LogP contribution in [0.2, 0.25) is 0 Å². The number of halogens is 1. The molecule has 2 nitrogen and oxygen atoms in total. The van der Waals surface area contributed by atoms with Crippen molar-refractivity contribution in [2.45, 2.75) is 33.3 Å². The molecule has 0 amide bonds. The average molecular weight is 353 g/mol. The smallest absolute Gasteiger partial charge is 0.340 e. The topological polar surface area (TPSA) is 26.3 Å². The van der Waals surface area contributed by atoms with Gasteiger partial charge in [-0.3, -0.25) is 0 Å². The Bertz CT molecular complexity index is 621. The Morgan fingerprint density at radius 3 is 2.35 bits per heavy atom. The van der Waals surface area contributed by atoms with Crippen molar-refractivity contribution in [3.63, 3.8) is 0 Å². The van der Waals surface area contributed by atoms with E-state index in [1.165, 1.54) is 0 Å². The second-order valence-electron chi connectivity index (χ2n) is 5.59. The van der Waals surface area contributed by atoms with Crippen molar-refractivity contribution in [3.8, 4) is 11.1 Å². The first-order chi connectivity index (χ1) is 9.28. The zero-order chi connectivity index (χ0) is 14.9. The maximum Gasteiger partial charge on any atom is 0.340 e. The third-order valence-electron chi connectivity index (χ3n) is 2.73. The maximum absolute atomic E-state index is 12.3. The summed E-state index contributed by atoms with van der Waals surface area (Å²) in [5.41, 5.74) is 2.17. The van der Waals surface area contributed by atoms with Gasteiger partial charge in [-0.15, -0.1) is 11.3 Å². The van der Waals surface area contributed by atoms with Crippen molar-refractivity contribution in [2.75, 3.05) is 0 Å². The fourth-order valence-corrected chi connectivity index (χ4v) is 3.03. The highest BCUT2D eigenvalue weighted by Crippen LogP contribution is 2.34. The van der Waals surface area contributed by atoms with Gasteiger partial charge in [-0.2, -0.15) is 0 Å². The van der Waals surface area contributed by atoms with E-state index in [0.717, 1.165) is 20.5 Å². The molecule has 0 spiro atoms. The molecule has 0 unspecified atom stereocenters. The highest BCUT2D eigenvalue weighted by atomic mass is 79.9. The average Bonchev–Trinajstić information content (AvgIpc) is 2.70. The summed E-state index contributed by atoms with van der Waals surface area (Å²) in [6, 6.07) is 7.97. The van der Waals surface area contributed by atoms with Crippen LogP contribution in [-0.2, 0) is 4.74 Å². The van der Waals surface area contributed by atoms with Gasteiger partial charge in [0, 0.05) is 20.3 Å². The van der Waals surface area contributed by atoms with E-state index in [0.29, 0.717) is 5.56 Å². The summed E-state index contributed by atoms with van der Waals surface area (Å²) >= 11 is 5.00. The molecule has 0 bridgehead atoms. The molecule has 1 aromatic heterocycles. The summed E-state index contributed by atoms with van der Waals surface area (Å²) in [6.45, 7) is 7.66. The van der Waals surface area contributed by atoms with Gasteiger partial charge >= 0.3 is 5.97 Å². The highest BCUT2D eigenvalue weighted by molar-refractivity contribution is 9.10. The predicted molar refractivity (Wildman–Crippen MR) is 87.4 cm³/mol. The fourth-order valence-electron chi connectivity index (χ4n) is 1.91.